The molecular formula is C16H17N3O3. The number of nitrogens with zero attached hydrogens (tertiary/aromatic N) is 3. The van der Waals surface area contributed by atoms with E-state index in [1.807, 2.05) is 6.07 Å². The largest absolute Gasteiger partial charge is 0.480 e. The van der Waals surface area contributed by atoms with Crippen LogP contribution in [0.25, 0.3) is 0 Å². The minimum atomic E-state index is -0.701. The molecule has 0 bridgehead atoms. The van der Waals surface area contributed by atoms with Gasteiger partial charge in [0.05, 0.1) is 12.1 Å². The Hall–Kier alpha value is -2.81. The van der Waals surface area contributed by atoms with Crippen molar-refractivity contribution >= 4 is 5.91 Å². The highest BCUT2D eigenvalue weighted by Crippen LogP contribution is 2.19. The van der Waals surface area contributed by atoms with Crippen LogP contribution < -0.4 is 4.74 Å². The number of aromatic nitrogens is 1. The number of hydrogen-bond donors (Lipinski definition) is 0. The third-order valence-electron chi connectivity index (χ3n) is 3.11. The average molecular weight is 299 g/mol. The molecule has 1 amide bonds. The molecule has 0 spiro atoms. The lowest BCUT2D eigenvalue weighted by Gasteiger charge is -2.21. The van der Waals surface area contributed by atoms with Crippen molar-refractivity contribution in [1.82, 2.24) is 10.1 Å². The Balaban J connectivity index is 2.01. The molecule has 1 atom stereocenters. The van der Waals surface area contributed by atoms with Gasteiger partial charge >= 0.3 is 0 Å². The van der Waals surface area contributed by atoms with Gasteiger partial charge in [-0.15, -0.1) is 0 Å². The average Bonchev–Trinajstić information content (AvgIpc) is 2.92. The number of ether oxygens (including phenoxy) is 1. The molecule has 2 aromatic rings. The zero-order valence-electron chi connectivity index (χ0n) is 12.7. The molecule has 2 rings (SSSR count). The maximum Gasteiger partial charge on any atom is 0.263 e. The van der Waals surface area contributed by atoms with E-state index in [1.165, 1.54) is 4.90 Å². The lowest BCUT2D eigenvalue weighted by Crippen LogP contribution is -2.37. The van der Waals surface area contributed by atoms with Crippen molar-refractivity contribution in [2.45, 2.75) is 26.5 Å². The number of rotatable bonds is 5. The fraction of sp³-hybridized carbons (Fsp3) is 0.312. The molecule has 1 aromatic heterocycles. The molecule has 0 aliphatic heterocycles. The Labute approximate surface area is 128 Å². The van der Waals surface area contributed by atoms with Gasteiger partial charge in [0.15, 0.2) is 6.10 Å². The van der Waals surface area contributed by atoms with E-state index in [-0.39, 0.29) is 5.91 Å². The summed E-state index contributed by atoms with van der Waals surface area (Å²) < 4.78 is 10.6. The number of likely N-dealkylation sites (N-methyl/N-ethyl adjacent to an activating group) is 1. The molecule has 0 aliphatic rings. The summed E-state index contributed by atoms with van der Waals surface area (Å²) in [6.07, 6.45) is -0.701. The third-order valence-corrected chi connectivity index (χ3v) is 3.11. The summed E-state index contributed by atoms with van der Waals surface area (Å²) in [5.74, 6) is 0.896. The van der Waals surface area contributed by atoms with Crippen LogP contribution in [0.2, 0.25) is 0 Å². The number of benzene rings is 1. The molecule has 6 nitrogen and oxygen atoms in total. The van der Waals surface area contributed by atoms with Gasteiger partial charge in [0, 0.05) is 13.1 Å². The Morgan fingerprint density at radius 1 is 1.50 bits per heavy atom. The highest BCUT2D eigenvalue weighted by Gasteiger charge is 2.21. The summed E-state index contributed by atoms with van der Waals surface area (Å²) in [6.45, 7) is 3.79. The Morgan fingerprint density at radius 2 is 2.23 bits per heavy atom. The topological polar surface area (TPSA) is 79.4 Å². The first-order valence-electron chi connectivity index (χ1n) is 6.84. The smallest absolute Gasteiger partial charge is 0.263 e. The second-order valence-corrected chi connectivity index (χ2v) is 4.99. The summed E-state index contributed by atoms with van der Waals surface area (Å²) in [5, 5.41) is 12.9. The van der Waals surface area contributed by atoms with E-state index in [0.29, 0.717) is 29.3 Å². The van der Waals surface area contributed by atoms with Crippen LogP contribution in [-0.2, 0) is 11.3 Å². The monoisotopic (exact) mass is 299 g/mol. The highest BCUT2D eigenvalue weighted by atomic mass is 16.5. The lowest BCUT2D eigenvalue weighted by molar-refractivity contribution is -0.137. The van der Waals surface area contributed by atoms with Crippen LogP contribution in [0.4, 0.5) is 0 Å². The van der Waals surface area contributed by atoms with Gasteiger partial charge in [0.1, 0.15) is 23.3 Å². The lowest BCUT2D eigenvalue weighted by atomic mass is 10.2. The number of carbonyl (C=O) groups is 1. The number of hydrogen-bond acceptors (Lipinski definition) is 5. The van der Waals surface area contributed by atoms with Crippen molar-refractivity contribution in [3.63, 3.8) is 0 Å². The first-order chi connectivity index (χ1) is 10.5. The molecular weight excluding hydrogens is 282 g/mol. The normalized spacial score (nSPS) is 11.5. The van der Waals surface area contributed by atoms with E-state index in [1.54, 1.807) is 51.2 Å². The Morgan fingerprint density at radius 3 is 2.86 bits per heavy atom. The van der Waals surface area contributed by atoms with Crippen molar-refractivity contribution in [3.05, 3.63) is 47.3 Å². The quantitative estimate of drug-likeness (QED) is 0.846. The van der Waals surface area contributed by atoms with Crippen LogP contribution in [-0.4, -0.2) is 29.1 Å². The molecule has 22 heavy (non-hydrogen) atoms. The fourth-order valence-electron chi connectivity index (χ4n) is 2.03. The minimum Gasteiger partial charge on any atom is -0.480 e. The van der Waals surface area contributed by atoms with Gasteiger partial charge in [-0.05, 0) is 26.0 Å². The molecule has 0 radical (unpaired) electrons. The van der Waals surface area contributed by atoms with Crippen LogP contribution in [0.5, 0.6) is 5.75 Å². The molecule has 0 saturated carbocycles. The van der Waals surface area contributed by atoms with Gasteiger partial charge in [0.2, 0.25) is 0 Å². The predicted molar refractivity (Wildman–Crippen MR) is 79.0 cm³/mol. The molecule has 0 saturated heterocycles. The van der Waals surface area contributed by atoms with Crippen LogP contribution in [0.15, 0.2) is 34.9 Å². The van der Waals surface area contributed by atoms with Crippen molar-refractivity contribution in [2.24, 2.45) is 0 Å². The van der Waals surface area contributed by atoms with Gasteiger partial charge < -0.3 is 14.2 Å². The summed E-state index contributed by atoms with van der Waals surface area (Å²) in [5.41, 5.74) is 1.08. The van der Waals surface area contributed by atoms with E-state index < -0.39 is 6.10 Å². The van der Waals surface area contributed by atoms with Crippen LogP contribution in [0.3, 0.4) is 0 Å². The van der Waals surface area contributed by atoms with Crippen molar-refractivity contribution in [1.29, 1.82) is 5.26 Å². The molecule has 1 aromatic carbocycles. The molecule has 0 fully saturated rings. The molecule has 1 heterocycles. The summed E-state index contributed by atoms with van der Waals surface area (Å²) in [6, 6.07) is 10.6. The maximum absolute atomic E-state index is 12.3. The van der Waals surface area contributed by atoms with Crippen LogP contribution in [0.1, 0.15) is 23.9 Å². The van der Waals surface area contributed by atoms with Crippen molar-refractivity contribution in [3.8, 4) is 11.8 Å². The van der Waals surface area contributed by atoms with Crippen LogP contribution >= 0.6 is 0 Å². The van der Waals surface area contributed by atoms with E-state index in [4.69, 9.17) is 14.5 Å². The molecule has 6 heteroatoms. The molecule has 114 valence electrons. The zero-order chi connectivity index (χ0) is 16.1. The third kappa shape index (κ3) is 3.64. The highest BCUT2D eigenvalue weighted by molar-refractivity contribution is 5.80. The number of amides is 1. The SMILES string of the molecule is Cc1cc(CN(C)C(=O)C(C)Oc2ccccc2C#N)no1. The standard InChI is InChI=1S/C16H17N3O3/c1-11-8-14(18-22-11)10-19(3)16(20)12(2)21-15-7-5-4-6-13(15)9-17/h4-8,12H,10H2,1-3H3. The number of nitriles is 1. The summed E-state index contributed by atoms with van der Waals surface area (Å²) >= 11 is 0. The maximum atomic E-state index is 12.3. The zero-order valence-corrected chi connectivity index (χ0v) is 12.7. The number of carbonyl (C=O) groups excluding carboxylic acids is 1. The first kappa shape index (κ1) is 15.6. The van der Waals surface area contributed by atoms with Crippen molar-refractivity contribution in [2.75, 3.05) is 7.05 Å². The van der Waals surface area contributed by atoms with E-state index >= 15 is 0 Å². The number of para-hydroxylation sites is 1. The Bertz CT molecular complexity index is 703. The van der Waals surface area contributed by atoms with E-state index in [9.17, 15) is 4.79 Å². The predicted octanol–water partition coefficient (Wildman–Crippen LogP) is 2.28. The second-order valence-electron chi connectivity index (χ2n) is 4.99. The molecule has 0 aliphatic carbocycles. The number of aryl methyl sites for hydroxylation is 1. The van der Waals surface area contributed by atoms with E-state index in [0.717, 1.165) is 0 Å². The molecule has 0 N–H and O–H groups in total. The second kappa shape index (κ2) is 6.76. The minimum absolute atomic E-state index is 0.201. The summed E-state index contributed by atoms with van der Waals surface area (Å²) in [4.78, 5) is 13.8. The van der Waals surface area contributed by atoms with Gasteiger partial charge in [0.25, 0.3) is 5.91 Å². The van der Waals surface area contributed by atoms with Gasteiger partial charge in [-0.2, -0.15) is 5.26 Å². The van der Waals surface area contributed by atoms with Crippen molar-refractivity contribution < 1.29 is 14.1 Å². The van der Waals surface area contributed by atoms with Gasteiger partial charge in [-0.25, -0.2) is 0 Å². The van der Waals surface area contributed by atoms with E-state index in [2.05, 4.69) is 5.16 Å². The van der Waals surface area contributed by atoms with Crippen LogP contribution in [0, 0.1) is 18.3 Å². The summed E-state index contributed by atoms with van der Waals surface area (Å²) in [7, 11) is 1.67. The molecule has 1 unspecified atom stereocenters. The fourth-order valence-corrected chi connectivity index (χ4v) is 2.03. The van der Waals surface area contributed by atoms with Gasteiger partial charge in [-0.3, -0.25) is 4.79 Å². The Kier molecular flexibility index (Phi) is 4.79. The van der Waals surface area contributed by atoms with Gasteiger partial charge in [-0.1, -0.05) is 17.3 Å². The first-order valence-corrected chi connectivity index (χ1v) is 6.84.